The summed E-state index contributed by atoms with van der Waals surface area (Å²) in [7, 11) is 1.55. The van der Waals surface area contributed by atoms with Crippen molar-refractivity contribution in [2.45, 2.75) is 0 Å². The monoisotopic (exact) mass is 257 g/mol. The molecule has 0 spiro atoms. The first-order valence-electron chi connectivity index (χ1n) is 4.99. The third-order valence-corrected chi connectivity index (χ3v) is 2.04. The predicted octanol–water partition coefficient (Wildman–Crippen LogP) is 0.157. The van der Waals surface area contributed by atoms with Gasteiger partial charge >= 0.3 is 0 Å². The van der Waals surface area contributed by atoms with Gasteiger partial charge in [0.25, 0.3) is 11.8 Å². The van der Waals surface area contributed by atoms with Crippen LogP contribution in [0.2, 0.25) is 0 Å². The molecule has 4 N–H and O–H groups in total. The Balaban J connectivity index is 0.00000256. The summed E-state index contributed by atoms with van der Waals surface area (Å²) in [6.45, 7) is 0.809. The molecule has 94 valence electrons. The average molecular weight is 258 g/mol. The lowest BCUT2D eigenvalue weighted by Crippen LogP contribution is -2.29. The Bertz CT molecular complexity index is 396. The molecule has 0 heterocycles. The SMILES string of the molecule is CNC(=O)c1cccc(C(=O)NCCN)c1.Cl. The largest absolute Gasteiger partial charge is 0.355 e. The second-order valence-electron chi connectivity index (χ2n) is 3.20. The van der Waals surface area contributed by atoms with Crippen LogP contribution in [0.3, 0.4) is 0 Å². The molecule has 0 radical (unpaired) electrons. The molecule has 0 aliphatic carbocycles. The van der Waals surface area contributed by atoms with Gasteiger partial charge in [0.2, 0.25) is 0 Å². The minimum Gasteiger partial charge on any atom is -0.355 e. The molecule has 2 amide bonds. The standard InChI is InChI=1S/C11H15N3O2.ClH/c1-13-10(15)8-3-2-4-9(7-8)11(16)14-6-5-12;/h2-4,7H,5-6,12H2,1H3,(H,13,15)(H,14,16);1H. The zero-order chi connectivity index (χ0) is 12.0. The predicted molar refractivity (Wildman–Crippen MR) is 68.5 cm³/mol. The van der Waals surface area contributed by atoms with E-state index >= 15 is 0 Å². The highest BCUT2D eigenvalue weighted by Crippen LogP contribution is 2.05. The molecular weight excluding hydrogens is 242 g/mol. The fraction of sp³-hybridized carbons (Fsp3) is 0.273. The summed E-state index contributed by atoms with van der Waals surface area (Å²) in [6.07, 6.45) is 0. The summed E-state index contributed by atoms with van der Waals surface area (Å²) in [5.74, 6) is -0.440. The summed E-state index contributed by atoms with van der Waals surface area (Å²) >= 11 is 0. The molecule has 0 saturated carbocycles. The maximum Gasteiger partial charge on any atom is 0.251 e. The van der Waals surface area contributed by atoms with Gasteiger partial charge in [-0.25, -0.2) is 0 Å². The zero-order valence-electron chi connectivity index (χ0n) is 9.53. The molecule has 5 nitrogen and oxygen atoms in total. The highest BCUT2D eigenvalue weighted by atomic mass is 35.5. The van der Waals surface area contributed by atoms with Gasteiger partial charge in [-0.3, -0.25) is 9.59 Å². The van der Waals surface area contributed by atoms with Crippen molar-refractivity contribution in [2.75, 3.05) is 20.1 Å². The number of hydrogen-bond acceptors (Lipinski definition) is 3. The number of benzene rings is 1. The summed E-state index contributed by atoms with van der Waals surface area (Å²) in [4.78, 5) is 22.9. The molecule has 1 aromatic rings. The maximum atomic E-state index is 11.6. The van der Waals surface area contributed by atoms with Crippen LogP contribution < -0.4 is 16.4 Å². The fourth-order valence-corrected chi connectivity index (χ4v) is 1.23. The second-order valence-corrected chi connectivity index (χ2v) is 3.20. The van der Waals surface area contributed by atoms with Crippen molar-refractivity contribution in [1.29, 1.82) is 0 Å². The minimum absolute atomic E-state index is 0. The Morgan fingerprint density at radius 1 is 1.24 bits per heavy atom. The van der Waals surface area contributed by atoms with E-state index in [1.807, 2.05) is 0 Å². The van der Waals surface area contributed by atoms with Gasteiger partial charge in [0.1, 0.15) is 0 Å². The van der Waals surface area contributed by atoms with E-state index < -0.39 is 0 Å². The highest BCUT2D eigenvalue weighted by molar-refractivity contribution is 5.99. The van der Waals surface area contributed by atoms with Crippen LogP contribution in [0.1, 0.15) is 20.7 Å². The van der Waals surface area contributed by atoms with Crippen LogP contribution in [-0.2, 0) is 0 Å². The van der Waals surface area contributed by atoms with Gasteiger partial charge in [0.15, 0.2) is 0 Å². The Morgan fingerprint density at radius 2 is 1.82 bits per heavy atom. The van der Waals surface area contributed by atoms with Crippen molar-refractivity contribution in [2.24, 2.45) is 5.73 Å². The van der Waals surface area contributed by atoms with Crippen molar-refractivity contribution in [1.82, 2.24) is 10.6 Å². The number of nitrogens with one attached hydrogen (secondary N) is 2. The molecule has 17 heavy (non-hydrogen) atoms. The van der Waals surface area contributed by atoms with Crippen LogP contribution >= 0.6 is 12.4 Å². The van der Waals surface area contributed by atoms with Gasteiger partial charge in [0, 0.05) is 31.3 Å². The number of carbonyl (C=O) groups excluding carboxylic acids is 2. The molecule has 0 aromatic heterocycles. The number of carbonyl (C=O) groups is 2. The van der Waals surface area contributed by atoms with Gasteiger partial charge in [-0.2, -0.15) is 0 Å². The number of halogens is 1. The second kappa shape index (κ2) is 7.65. The molecule has 0 bridgehead atoms. The first-order valence-corrected chi connectivity index (χ1v) is 4.99. The molecule has 6 heteroatoms. The van der Waals surface area contributed by atoms with E-state index in [1.54, 1.807) is 31.3 Å². The third kappa shape index (κ3) is 4.42. The van der Waals surface area contributed by atoms with Gasteiger partial charge in [0.05, 0.1) is 0 Å². The van der Waals surface area contributed by atoms with Crippen LogP contribution in [0.15, 0.2) is 24.3 Å². The molecule has 0 aliphatic rings. The van der Waals surface area contributed by atoms with Gasteiger partial charge < -0.3 is 16.4 Å². The lowest BCUT2D eigenvalue weighted by Gasteiger charge is -2.05. The van der Waals surface area contributed by atoms with E-state index in [0.717, 1.165) is 0 Å². The summed E-state index contributed by atoms with van der Waals surface area (Å²) < 4.78 is 0. The average Bonchev–Trinajstić information content (AvgIpc) is 2.35. The third-order valence-electron chi connectivity index (χ3n) is 2.04. The van der Waals surface area contributed by atoms with E-state index in [-0.39, 0.29) is 24.2 Å². The van der Waals surface area contributed by atoms with E-state index in [9.17, 15) is 9.59 Å². The van der Waals surface area contributed by atoms with Crippen LogP contribution in [0.5, 0.6) is 0 Å². The Hall–Kier alpha value is -1.59. The van der Waals surface area contributed by atoms with Crippen molar-refractivity contribution in [3.05, 3.63) is 35.4 Å². The van der Waals surface area contributed by atoms with E-state index in [2.05, 4.69) is 10.6 Å². The number of amides is 2. The Morgan fingerprint density at radius 3 is 2.35 bits per heavy atom. The van der Waals surface area contributed by atoms with Crippen LogP contribution in [0, 0.1) is 0 Å². The van der Waals surface area contributed by atoms with E-state index in [1.165, 1.54) is 0 Å². The summed E-state index contributed by atoms with van der Waals surface area (Å²) in [5, 5.41) is 5.14. The van der Waals surface area contributed by atoms with Gasteiger partial charge in [-0.05, 0) is 18.2 Å². The molecule has 0 saturated heterocycles. The summed E-state index contributed by atoms with van der Waals surface area (Å²) in [5.41, 5.74) is 6.19. The molecule has 1 aromatic carbocycles. The first kappa shape index (κ1) is 15.4. The highest BCUT2D eigenvalue weighted by Gasteiger charge is 2.08. The molecular formula is C11H16ClN3O2. The zero-order valence-corrected chi connectivity index (χ0v) is 10.3. The van der Waals surface area contributed by atoms with Gasteiger partial charge in [-0.15, -0.1) is 12.4 Å². The minimum atomic E-state index is -0.226. The number of nitrogens with two attached hydrogens (primary N) is 1. The molecule has 0 unspecified atom stereocenters. The lowest BCUT2D eigenvalue weighted by atomic mass is 10.1. The van der Waals surface area contributed by atoms with Crippen LogP contribution in [0.4, 0.5) is 0 Å². The van der Waals surface area contributed by atoms with E-state index in [0.29, 0.717) is 24.2 Å². The van der Waals surface area contributed by atoms with Crippen molar-refractivity contribution >= 4 is 24.2 Å². The van der Waals surface area contributed by atoms with E-state index in [4.69, 9.17) is 5.73 Å². The number of hydrogen-bond donors (Lipinski definition) is 3. The normalized spacial score (nSPS) is 9.06. The van der Waals surface area contributed by atoms with Crippen molar-refractivity contribution < 1.29 is 9.59 Å². The molecule has 0 aliphatic heterocycles. The van der Waals surface area contributed by atoms with Crippen molar-refractivity contribution in [3.63, 3.8) is 0 Å². The number of rotatable bonds is 4. The molecule has 0 atom stereocenters. The molecule has 0 fully saturated rings. The van der Waals surface area contributed by atoms with Crippen LogP contribution in [-0.4, -0.2) is 32.0 Å². The smallest absolute Gasteiger partial charge is 0.251 e. The Labute approximate surface area is 106 Å². The maximum absolute atomic E-state index is 11.6. The fourth-order valence-electron chi connectivity index (χ4n) is 1.23. The first-order chi connectivity index (χ1) is 7.69. The summed E-state index contributed by atoms with van der Waals surface area (Å²) in [6, 6.07) is 6.52. The van der Waals surface area contributed by atoms with Crippen LogP contribution in [0.25, 0.3) is 0 Å². The molecule has 1 rings (SSSR count). The van der Waals surface area contributed by atoms with Gasteiger partial charge in [-0.1, -0.05) is 6.07 Å². The quantitative estimate of drug-likeness (QED) is 0.718. The van der Waals surface area contributed by atoms with Crippen molar-refractivity contribution in [3.8, 4) is 0 Å². The topological polar surface area (TPSA) is 84.2 Å². The Kier molecular flexibility index (Phi) is 6.93. The lowest BCUT2D eigenvalue weighted by molar-refractivity contribution is 0.0954.